The number of carbonyl (C=O) groups is 1. The molecule has 1 aliphatic heterocycles. The fourth-order valence-corrected chi connectivity index (χ4v) is 5.19. The number of aromatic hydroxyl groups is 2. The average molecular weight is 395 g/mol. The molecule has 0 amide bonds. The van der Waals surface area contributed by atoms with Crippen molar-refractivity contribution >= 4 is 28.6 Å². The number of fused-ring (bicyclic) bond motifs is 2. The Hall–Kier alpha value is -3.13. The quantitative estimate of drug-likeness (QED) is 0.498. The number of H-pyrrole nitrogens is 2. The third kappa shape index (κ3) is 2.52. The standard InChI is InChI=1S/C20H17N3O4S/c24-12-4-3-9(7-13(12)25)16-17-11(21-19-18(16)20(27)23-22-19)6-10(8-14(17)26)15-2-1-5-28-15/h1-5,7,10,16-17,24-25H,6,8H2,(H2,22,23,27)/t10-,16-,17?/m0/s1. The molecule has 0 spiro atoms. The summed E-state index contributed by atoms with van der Waals surface area (Å²) in [4.78, 5) is 31.4. The third-order valence-corrected chi connectivity index (χ3v) is 6.64. The number of hydrogen-bond acceptors (Lipinski definition) is 6. The van der Waals surface area contributed by atoms with E-state index in [-0.39, 0.29) is 28.8 Å². The predicted molar refractivity (Wildman–Crippen MR) is 105 cm³/mol. The summed E-state index contributed by atoms with van der Waals surface area (Å²) in [7, 11) is 0. The predicted octanol–water partition coefficient (Wildman–Crippen LogP) is 3.16. The molecule has 4 N–H and O–H groups in total. The molecular formula is C20H17N3O4S. The van der Waals surface area contributed by atoms with E-state index in [0.717, 1.165) is 10.6 Å². The summed E-state index contributed by atoms with van der Waals surface area (Å²) >= 11 is 1.63. The summed E-state index contributed by atoms with van der Waals surface area (Å²) in [6, 6.07) is 8.43. The SMILES string of the molecule is O=C1C[C@@H](c2cccs2)CC2=Nc3[nH][nH]c(=O)c3[C@@H](c3ccc(O)c(O)c3)C12. The number of phenols is 2. The molecule has 1 aliphatic carbocycles. The number of thiophene rings is 1. The number of aromatic amines is 2. The maximum Gasteiger partial charge on any atom is 0.270 e. The van der Waals surface area contributed by atoms with Gasteiger partial charge in [0.2, 0.25) is 0 Å². The topological polar surface area (TPSA) is 119 Å². The molecule has 1 fully saturated rings. The molecule has 5 rings (SSSR count). The highest BCUT2D eigenvalue weighted by atomic mass is 32.1. The lowest BCUT2D eigenvalue weighted by Gasteiger charge is -2.36. The van der Waals surface area contributed by atoms with Crippen LogP contribution >= 0.6 is 11.3 Å². The Kier molecular flexibility index (Phi) is 3.77. The number of benzene rings is 1. The zero-order valence-corrected chi connectivity index (χ0v) is 15.5. The molecular weight excluding hydrogens is 378 g/mol. The molecule has 2 aromatic heterocycles. The van der Waals surface area contributed by atoms with Crippen molar-refractivity contribution < 1.29 is 15.0 Å². The fourth-order valence-electron chi connectivity index (χ4n) is 4.36. The van der Waals surface area contributed by atoms with E-state index in [1.165, 1.54) is 12.1 Å². The van der Waals surface area contributed by atoms with Gasteiger partial charge in [-0.3, -0.25) is 19.8 Å². The number of phenolic OH excluding ortho intramolecular Hbond substituents is 2. The molecule has 28 heavy (non-hydrogen) atoms. The van der Waals surface area contributed by atoms with Crippen LogP contribution in [0.5, 0.6) is 11.5 Å². The summed E-state index contributed by atoms with van der Waals surface area (Å²) < 4.78 is 0. The lowest BCUT2D eigenvalue weighted by Crippen LogP contribution is -2.40. The molecule has 7 nitrogen and oxygen atoms in total. The molecule has 2 aliphatic rings. The van der Waals surface area contributed by atoms with Crippen LogP contribution in [0.2, 0.25) is 0 Å². The van der Waals surface area contributed by atoms with Crippen LogP contribution in [-0.2, 0) is 4.79 Å². The van der Waals surface area contributed by atoms with E-state index in [1.807, 2.05) is 17.5 Å². The van der Waals surface area contributed by atoms with Crippen LogP contribution in [0.4, 0.5) is 5.82 Å². The van der Waals surface area contributed by atoms with Gasteiger partial charge in [0.05, 0.1) is 11.5 Å². The highest BCUT2D eigenvalue weighted by Crippen LogP contribution is 2.47. The van der Waals surface area contributed by atoms with Gasteiger partial charge in [0.1, 0.15) is 5.78 Å². The number of aliphatic imine (C=N–C) groups is 1. The number of hydrogen-bond donors (Lipinski definition) is 4. The van der Waals surface area contributed by atoms with Gasteiger partial charge < -0.3 is 10.2 Å². The van der Waals surface area contributed by atoms with Crippen LogP contribution in [-0.4, -0.2) is 31.9 Å². The lowest BCUT2D eigenvalue weighted by atomic mass is 9.68. The van der Waals surface area contributed by atoms with Crippen LogP contribution in [0.15, 0.2) is 45.5 Å². The number of carbonyl (C=O) groups excluding carboxylic acids is 1. The largest absolute Gasteiger partial charge is 0.504 e. The van der Waals surface area contributed by atoms with E-state index in [0.29, 0.717) is 29.8 Å². The van der Waals surface area contributed by atoms with Gasteiger partial charge in [-0.1, -0.05) is 12.1 Å². The Morgan fingerprint density at radius 2 is 1.89 bits per heavy atom. The minimum absolute atomic E-state index is 0.0345. The van der Waals surface area contributed by atoms with E-state index >= 15 is 0 Å². The van der Waals surface area contributed by atoms with Crippen LogP contribution < -0.4 is 5.56 Å². The van der Waals surface area contributed by atoms with E-state index in [4.69, 9.17) is 0 Å². The highest BCUT2D eigenvalue weighted by molar-refractivity contribution is 7.10. The van der Waals surface area contributed by atoms with E-state index in [9.17, 15) is 19.8 Å². The molecule has 0 saturated heterocycles. The van der Waals surface area contributed by atoms with Gasteiger partial charge in [-0.2, -0.15) is 0 Å². The zero-order chi connectivity index (χ0) is 19.4. The first kappa shape index (κ1) is 17.0. The number of aromatic nitrogens is 2. The highest BCUT2D eigenvalue weighted by Gasteiger charge is 2.45. The Bertz CT molecular complexity index is 1160. The third-order valence-electron chi connectivity index (χ3n) is 5.61. The van der Waals surface area contributed by atoms with Crippen molar-refractivity contribution in [3.63, 3.8) is 0 Å². The van der Waals surface area contributed by atoms with E-state index < -0.39 is 11.8 Å². The average Bonchev–Trinajstić information content (AvgIpc) is 3.33. The molecule has 0 radical (unpaired) electrons. The number of nitrogens with one attached hydrogen (secondary N) is 2. The first-order valence-corrected chi connectivity index (χ1v) is 9.87. The number of rotatable bonds is 2. The Morgan fingerprint density at radius 3 is 2.64 bits per heavy atom. The lowest BCUT2D eigenvalue weighted by molar-refractivity contribution is -0.122. The molecule has 142 valence electrons. The second-order valence-corrected chi connectivity index (χ2v) is 8.21. The van der Waals surface area contributed by atoms with Crippen LogP contribution in [0.25, 0.3) is 0 Å². The van der Waals surface area contributed by atoms with E-state index in [1.54, 1.807) is 17.4 Å². The Morgan fingerprint density at radius 1 is 1.04 bits per heavy atom. The van der Waals surface area contributed by atoms with Crippen LogP contribution in [0.3, 0.4) is 0 Å². The van der Waals surface area contributed by atoms with Crippen LogP contribution in [0, 0.1) is 5.92 Å². The van der Waals surface area contributed by atoms with Gasteiger partial charge in [-0.25, -0.2) is 4.99 Å². The summed E-state index contributed by atoms with van der Waals surface area (Å²) in [6.45, 7) is 0. The fraction of sp³-hybridized carbons (Fsp3) is 0.250. The van der Waals surface area contributed by atoms with Crippen molar-refractivity contribution in [2.75, 3.05) is 0 Å². The minimum atomic E-state index is -0.555. The molecule has 1 aromatic carbocycles. The molecule has 3 aromatic rings. The first-order valence-electron chi connectivity index (χ1n) is 8.99. The van der Waals surface area contributed by atoms with Gasteiger partial charge in [0.15, 0.2) is 17.3 Å². The monoisotopic (exact) mass is 395 g/mol. The Balaban J connectivity index is 1.65. The molecule has 1 saturated carbocycles. The van der Waals surface area contributed by atoms with Crippen molar-refractivity contribution in [2.24, 2.45) is 10.9 Å². The van der Waals surface area contributed by atoms with Gasteiger partial charge in [-0.05, 0) is 35.6 Å². The minimum Gasteiger partial charge on any atom is -0.504 e. The van der Waals surface area contributed by atoms with Crippen molar-refractivity contribution in [3.8, 4) is 11.5 Å². The number of Topliss-reactive ketones (excluding diaryl/α,β-unsaturated/α-hetero) is 1. The van der Waals surface area contributed by atoms with Gasteiger partial charge in [0.25, 0.3) is 5.56 Å². The maximum atomic E-state index is 13.2. The van der Waals surface area contributed by atoms with Crippen molar-refractivity contribution in [3.05, 3.63) is 62.1 Å². The molecule has 8 heteroatoms. The second kappa shape index (κ2) is 6.20. The van der Waals surface area contributed by atoms with Crippen molar-refractivity contribution in [2.45, 2.75) is 24.7 Å². The van der Waals surface area contributed by atoms with E-state index in [2.05, 4.69) is 15.2 Å². The second-order valence-electron chi connectivity index (χ2n) is 7.23. The van der Waals surface area contributed by atoms with Crippen LogP contribution in [0.1, 0.15) is 40.7 Å². The molecule has 1 unspecified atom stereocenters. The van der Waals surface area contributed by atoms with Gasteiger partial charge >= 0.3 is 0 Å². The normalized spacial score (nSPS) is 23.8. The summed E-state index contributed by atoms with van der Waals surface area (Å²) in [6.07, 6.45) is 1.03. The summed E-state index contributed by atoms with van der Waals surface area (Å²) in [5.74, 6) is -1.09. The van der Waals surface area contributed by atoms with Gasteiger partial charge in [0, 0.05) is 28.8 Å². The summed E-state index contributed by atoms with van der Waals surface area (Å²) in [5.41, 5.74) is 1.40. The molecule has 0 bridgehead atoms. The number of ketones is 1. The summed E-state index contributed by atoms with van der Waals surface area (Å²) in [5, 5.41) is 27.0. The van der Waals surface area contributed by atoms with Crippen molar-refractivity contribution in [1.29, 1.82) is 0 Å². The molecule has 3 heterocycles. The van der Waals surface area contributed by atoms with Gasteiger partial charge in [-0.15, -0.1) is 11.3 Å². The van der Waals surface area contributed by atoms with Crippen molar-refractivity contribution in [1.82, 2.24) is 10.2 Å². The smallest absolute Gasteiger partial charge is 0.270 e. The first-order chi connectivity index (χ1) is 13.5. The molecule has 3 atom stereocenters. The maximum absolute atomic E-state index is 13.2. The number of nitrogens with zero attached hydrogens (tertiary/aromatic N) is 1. The zero-order valence-electron chi connectivity index (χ0n) is 14.7. The Labute approximate surface area is 163 Å².